The molecule has 0 nitrogen and oxygen atoms in total. The number of hydrogen-bond donors (Lipinski definition) is 0. The van der Waals surface area contributed by atoms with Crippen LogP contribution in [0.1, 0.15) is 19.4 Å². The highest BCUT2D eigenvalue weighted by Gasteiger charge is 1.92. The second-order valence-corrected chi connectivity index (χ2v) is 3.68. The van der Waals surface area contributed by atoms with Crippen molar-refractivity contribution in [2.75, 3.05) is 0 Å². The van der Waals surface area contributed by atoms with Crippen molar-refractivity contribution in [1.82, 2.24) is 0 Å². The lowest BCUT2D eigenvalue weighted by molar-refractivity contribution is 1.41. The predicted octanol–water partition coefficient (Wildman–Crippen LogP) is 1.66. The molecule has 1 aromatic rings. The molecular weight excluding hydrogens is 140 g/mol. The monoisotopic (exact) mass is 152 g/mol. The van der Waals surface area contributed by atoms with Gasteiger partial charge in [0.2, 0.25) is 0 Å². The van der Waals surface area contributed by atoms with Gasteiger partial charge in [0.15, 0.2) is 0 Å². The van der Waals surface area contributed by atoms with Crippen molar-refractivity contribution in [2.24, 2.45) is 0 Å². The first kappa shape index (κ1) is 7.55. The van der Waals surface area contributed by atoms with Crippen LogP contribution >= 0.6 is 11.3 Å². The van der Waals surface area contributed by atoms with Crippen LogP contribution in [0.15, 0.2) is 5.38 Å². The van der Waals surface area contributed by atoms with E-state index in [1.54, 1.807) is 11.3 Å². The van der Waals surface area contributed by atoms with Gasteiger partial charge in [0.05, 0.1) is 0 Å². The Morgan fingerprint density at radius 2 is 2.10 bits per heavy atom. The molecule has 0 aliphatic heterocycles. The van der Waals surface area contributed by atoms with Gasteiger partial charge < -0.3 is 0 Å². The topological polar surface area (TPSA) is 0 Å². The molecule has 0 aliphatic rings. The molecule has 0 aromatic carbocycles. The molecule has 0 unspecified atom stereocenters. The van der Waals surface area contributed by atoms with E-state index in [1.165, 1.54) is 20.9 Å². The largest absolute Gasteiger partial charge is 0.144 e. The van der Waals surface area contributed by atoms with Crippen LogP contribution in [-0.2, 0) is 0 Å². The van der Waals surface area contributed by atoms with E-state index >= 15 is 0 Å². The summed E-state index contributed by atoms with van der Waals surface area (Å²) in [7, 11) is 0. The third-order valence-electron chi connectivity index (χ3n) is 1.55. The molecule has 0 bridgehead atoms. The van der Waals surface area contributed by atoms with E-state index < -0.39 is 0 Å². The van der Waals surface area contributed by atoms with Gasteiger partial charge >= 0.3 is 0 Å². The van der Waals surface area contributed by atoms with Crippen LogP contribution in [0.5, 0.6) is 0 Å². The van der Waals surface area contributed by atoms with Crippen LogP contribution < -0.4 is 9.75 Å². The van der Waals surface area contributed by atoms with Crippen molar-refractivity contribution in [2.45, 2.75) is 20.8 Å². The maximum Gasteiger partial charge on any atom is 0.0272 e. The Labute approximate surface area is 65.5 Å². The summed E-state index contributed by atoms with van der Waals surface area (Å²) < 4.78 is 1.19. The number of rotatable bonds is 0. The van der Waals surface area contributed by atoms with Crippen LogP contribution in [0.25, 0.3) is 12.2 Å². The Morgan fingerprint density at radius 3 is 2.30 bits per heavy atom. The summed E-state index contributed by atoms with van der Waals surface area (Å²) in [6, 6.07) is 0. The smallest absolute Gasteiger partial charge is 0.0272 e. The van der Waals surface area contributed by atoms with Gasteiger partial charge in [-0.05, 0) is 36.9 Å². The lowest BCUT2D eigenvalue weighted by atomic mass is 10.2. The average Bonchev–Trinajstić information content (AvgIpc) is 2.11. The minimum absolute atomic E-state index is 1.19. The molecule has 0 atom stereocenters. The van der Waals surface area contributed by atoms with Gasteiger partial charge in [-0.2, -0.15) is 0 Å². The first-order valence-corrected chi connectivity index (χ1v) is 4.21. The van der Waals surface area contributed by atoms with Crippen LogP contribution in [0.4, 0.5) is 0 Å². The zero-order chi connectivity index (χ0) is 7.72. The van der Waals surface area contributed by atoms with Crippen molar-refractivity contribution in [3.05, 3.63) is 20.7 Å². The normalized spacial score (nSPS) is 9.90. The van der Waals surface area contributed by atoms with Crippen LogP contribution in [-0.4, -0.2) is 0 Å². The Kier molecular flexibility index (Phi) is 1.95. The summed E-state index contributed by atoms with van der Waals surface area (Å²) in [5.74, 6) is 0. The highest BCUT2D eigenvalue weighted by atomic mass is 32.1. The molecule has 1 rings (SSSR count). The van der Waals surface area contributed by atoms with E-state index in [0.29, 0.717) is 0 Å². The molecule has 0 amide bonds. The van der Waals surface area contributed by atoms with E-state index in [1.807, 2.05) is 0 Å². The number of thiophene rings is 1. The van der Waals surface area contributed by atoms with E-state index in [4.69, 9.17) is 0 Å². The van der Waals surface area contributed by atoms with Gasteiger partial charge in [0, 0.05) is 4.53 Å². The molecule has 0 saturated carbocycles. The van der Waals surface area contributed by atoms with Crippen molar-refractivity contribution in [3.63, 3.8) is 0 Å². The second kappa shape index (κ2) is 2.59. The average molecular weight is 152 g/mol. The standard InChI is InChI=1S/C9H12S/c1-6(2)9-7(3)5-10-8(9)4/h5H,4H2,1-3H3. The first-order valence-electron chi connectivity index (χ1n) is 3.33. The molecule has 0 radical (unpaired) electrons. The maximum absolute atomic E-state index is 3.96. The summed E-state index contributed by atoms with van der Waals surface area (Å²) in [6.45, 7) is 10.4. The maximum atomic E-state index is 3.96. The lowest BCUT2D eigenvalue weighted by Crippen LogP contribution is -2.20. The fourth-order valence-electron chi connectivity index (χ4n) is 1.17. The second-order valence-electron chi connectivity index (χ2n) is 2.72. The van der Waals surface area contributed by atoms with Gasteiger partial charge in [0.1, 0.15) is 0 Å². The summed E-state index contributed by atoms with van der Waals surface area (Å²) >= 11 is 1.73. The molecule has 1 aromatic heterocycles. The van der Waals surface area contributed by atoms with Crippen molar-refractivity contribution in [3.8, 4) is 0 Å². The van der Waals surface area contributed by atoms with Crippen LogP contribution in [0, 0.1) is 6.92 Å². The summed E-state index contributed by atoms with van der Waals surface area (Å²) in [5, 5.41) is 3.51. The molecule has 0 spiro atoms. The first-order chi connectivity index (χ1) is 4.63. The predicted molar refractivity (Wildman–Crippen MR) is 48.6 cm³/mol. The molecule has 0 saturated heterocycles. The summed E-state index contributed by atoms with van der Waals surface area (Å²) in [6.07, 6.45) is 0. The molecular formula is C9H12S. The van der Waals surface area contributed by atoms with Gasteiger partial charge in [-0.15, -0.1) is 11.3 Å². The third kappa shape index (κ3) is 1.14. The van der Waals surface area contributed by atoms with Crippen molar-refractivity contribution in [1.29, 1.82) is 0 Å². The molecule has 0 aliphatic carbocycles. The highest BCUT2D eigenvalue weighted by Crippen LogP contribution is 1.93. The fourth-order valence-corrected chi connectivity index (χ4v) is 2.09. The number of hydrogen-bond acceptors (Lipinski definition) is 1. The zero-order valence-corrected chi connectivity index (χ0v) is 7.51. The Bertz CT molecular complexity index is 326. The third-order valence-corrected chi connectivity index (χ3v) is 2.51. The molecule has 54 valence electrons. The molecule has 1 heterocycles. The van der Waals surface area contributed by atoms with E-state index in [0.717, 1.165) is 0 Å². The minimum atomic E-state index is 1.19. The van der Waals surface area contributed by atoms with Crippen LogP contribution in [0.2, 0.25) is 0 Å². The van der Waals surface area contributed by atoms with Gasteiger partial charge in [-0.1, -0.05) is 12.2 Å². The highest BCUT2D eigenvalue weighted by molar-refractivity contribution is 7.07. The minimum Gasteiger partial charge on any atom is -0.144 e. The SMILES string of the molecule is C=c1scc(C)c1=C(C)C. The Morgan fingerprint density at radius 1 is 1.50 bits per heavy atom. The van der Waals surface area contributed by atoms with Crippen LogP contribution in [0.3, 0.4) is 0 Å². The molecule has 0 N–H and O–H groups in total. The van der Waals surface area contributed by atoms with E-state index in [-0.39, 0.29) is 0 Å². The quantitative estimate of drug-likeness (QED) is 0.530. The summed E-state index contributed by atoms with van der Waals surface area (Å²) in [4.78, 5) is 0. The van der Waals surface area contributed by atoms with Gasteiger partial charge in [0.25, 0.3) is 0 Å². The fraction of sp³-hybridized carbons (Fsp3) is 0.333. The van der Waals surface area contributed by atoms with Crippen molar-refractivity contribution < 1.29 is 0 Å². The lowest BCUT2D eigenvalue weighted by Gasteiger charge is -1.86. The molecule has 1 heteroatoms. The van der Waals surface area contributed by atoms with Gasteiger partial charge in [-0.3, -0.25) is 0 Å². The van der Waals surface area contributed by atoms with E-state index in [9.17, 15) is 0 Å². The Hall–Kier alpha value is -0.560. The number of aryl methyl sites for hydroxylation is 1. The summed E-state index contributed by atoms with van der Waals surface area (Å²) in [5.41, 5.74) is 2.72. The van der Waals surface area contributed by atoms with Crippen molar-refractivity contribution >= 4 is 23.5 Å². The molecule has 10 heavy (non-hydrogen) atoms. The molecule has 0 fully saturated rings. The van der Waals surface area contributed by atoms with Gasteiger partial charge in [-0.25, -0.2) is 0 Å². The zero-order valence-electron chi connectivity index (χ0n) is 6.69. The Balaban J connectivity index is 3.70. The van der Waals surface area contributed by atoms with E-state index in [2.05, 4.69) is 32.7 Å².